The normalized spacial score (nSPS) is 26.1. The fourth-order valence-corrected chi connectivity index (χ4v) is 4.30. The van der Waals surface area contributed by atoms with Crippen LogP contribution >= 0.6 is 0 Å². The van der Waals surface area contributed by atoms with E-state index in [0.29, 0.717) is 31.4 Å². The summed E-state index contributed by atoms with van der Waals surface area (Å²) < 4.78 is 29.7. The minimum Gasteiger partial charge on any atom is -0.497 e. The van der Waals surface area contributed by atoms with Crippen LogP contribution in [0.3, 0.4) is 0 Å². The molecule has 1 atom stereocenters. The van der Waals surface area contributed by atoms with E-state index in [9.17, 15) is 13.5 Å². The van der Waals surface area contributed by atoms with Gasteiger partial charge in [-0.3, -0.25) is 0 Å². The first-order valence-corrected chi connectivity index (χ1v) is 8.74. The third-order valence-electron chi connectivity index (χ3n) is 4.11. The van der Waals surface area contributed by atoms with Crippen molar-refractivity contribution in [1.29, 1.82) is 0 Å². The number of hydrogen-bond acceptors (Lipinski definition) is 5. The zero-order valence-corrected chi connectivity index (χ0v) is 12.7. The first-order chi connectivity index (χ1) is 9.45. The summed E-state index contributed by atoms with van der Waals surface area (Å²) in [4.78, 5) is 0. The van der Waals surface area contributed by atoms with E-state index < -0.39 is 20.7 Å². The van der Waals surface area contributed by atoms with Crippen molar-refractivity contribution in [1.82, 2.24) is 5.32 Å². The first-order valence-electron chi connectivity index (χ1n) is 7.02. The minimum atomic E-state index is -3.22. The van der Waals surface area contributed by atoms with Crippen LogP contribution in [0.5, 0.6) is 0 Å². The molecule has 1 fully saturated rings. The van der Waals surface area contributed by atoms with Crippen molar-refractivity contribution in [3.8, 4) is 0 Å². The van der Waals surface area contributed by atoms with Gasteiger partial charge in [-0.1, -0.05) is 6.08 Å². The lowest BCUT2D eigenvalue weighted by molar-refractivity contribution is 0.00766. The highest BCUT2D eigenvalue weighted by Crippen LogP contribution is 2.25. The van der Waals surface area contributed by atoms with E-state index in [0.717, 1.165) is 13.1 Å². The van der Waals surface area contributed by atoms with Crippen LogP contribution in [0, 0.1) is 0 Å². The molecular weight excluding hydrogens is 278 g/mol. The molecule has 0 spiro atoms. The van der Waals surface area contributed by atoms with Crippen molar-refractivity contribution in [3.05, 3.63) is 24.0 Å². The van der Waals surface area contributed by atoms with Crippen molar-refractivity contribution in [2.75, 3.05) is 26.0 Å². The van der Waals surface area contributed by atoms with Crippen molar-refractivity contribution >= 4 is 9.84 Å². The summed E-state index contributed by atoms with van der Waals surface area (Å²) in [6, 6.07) is 0. The molecule has 2 N–H and O–H groups in total. The quantitative estimate of drug-likeness (QED) is 0.784. The second kappa shape index (κ2) is 6.28. The van der Waals surface area contributed by atoms with Crippen LogP contribution in [0.25, 0.3) is 0 Å². The highest BCUT2D eigenvalue weighted by atomic mass is 32.2. The lowest BCUT2D eigenvalue weighted by Crippen LogP contribution is -2.43. The number of aliphatic hydroxyl groups is 1. The Morgan fingerprint density at radius 3 is 2.70 bits per heavy atom. The van der Waals surface area contributed by atoms with Gasteiger partial charge in [0.1, 0.15) is 5.76 Å². The van der Waals surface area contributed by atoms with E-state index in [2.05, 4.69) is 5.32 Å². The number of sulfone groups is 1. The van der Waals surface area contributed by atoms with Gasteiger partial charge >= 0.3 is 0 Å². The maximum atomic E-state index is 12.3. The highest BCUT2D eigenvalue weighted by Gasteiger charge is 2.33. The molecule has 1 aliphatic carbocycles. The first kappa shape index (κ1) is 15.5. The van der Waals surface area contributed by atoms with Gasteiger partial charge in [0.05, 0.1) is 23.7 Å². The molecule has 6 heteroatoms. The monoisotopic (exact) mass is 301 g/mol. The summed E-state index contributed by atoms with van der Waals surface area (Å²) in [5.41, 5.74) is -0.829. The average molecular weight is 301 g/mol. The third kappa shape index (κ3) is 3.84. The summed E-state index contributed by atoms with van der Waals surface area (Å²) in [5.74, 6) is 0.739. The second-order valence-corrected chi connectivity index (χ2v) is 7.87. The van der Waals surface area contributed by atoms with Crippen molar-refractivity contribution < 1.29 is 18.3 Å². The Morgan fingerprint density at radius 1 is 1.45 bits per heavy atom. The molecule has 0 radical (unpaired) electrons. The second-order valence-electron chi connectivity index (χ2n) is 5.54. The number of ether oxygens (including phenoxy) is 1. The van der Waals surface area contributed by atoms with Gasteiger partial charge in [-0.2, -0.15) is 0 Å². The maximum absolute atomic E-state index is 12.3. The van der Waals surface area contributed by atoms with Gasteiger partial charge < -0.3 is 15.2 Å². The van der Waals surface area contributed by atoms with Gasteiger partial charge in [0.2, 0.25) is 0 Å². The average Bonchev–Trinajstić information content (AvgIpc) is 2.46. The Balaban J connectivity index is 1.92. The fraction of sp³-hybridized carbons (Fsp3) is 0.714. The van der Waals surface area contributed by atoms with E-state index in [1.165, 1.54) is 0 Å². The molecule has 2 aliphatic rings. The molecule has 0 aromatic carbocycles. The lowest BCUT2D eigenvalue weighted by Gasteiger charge is -2.32. The number of allylic oxidation sites excluding steroid dienone is 2. The predicted molar refractivity (Wildman–Crippen MR) is 78.1 cm³/mol. The zero-order chi connectivity index (χ0) is 14.6. The van der Waals surface area contributed by atoms with Crippen LogP contribution in [0.1, 0.15) is 25.7 Å². The van der Waals surface area contributed by atoms with E-state index in [4.69, 9.17) is 4.74 Å². The van der Waals surface area contributed by atoms with Crippen LogP contribution in [-0.4, -0.2) is 50.3 Å². The van der Waals surface area contributed by atoms with Crippen LogP contribution < -0.4 is 5.32 Å². The van der Waals surface area contributed by atoms with Gasteiger partial charge in [-0.15, -0.1) is 0 Å². The van der Waals surface area contributed by atoms with Crippen molar-refractivity contribution in [2.24, 2.45) is 0 Å². The molecule has 1 unspecified atom stereocenters. The SMILES string of the molecule is COC1=CCC(S(=O)(=O)CCC2(O)CCNCC2)C=C1. The molecule has 20 heavy (non-hydrogen) atoms. The van der Waals surface area contributed by atoms with Crippen molar-refractivity contribution in [3.63, 3.8) is 0 Å². The Labute approximate surface area is 120 Å². The van der Waals surface area contributed by atoms with Gasteiger partial charge in [0, 0.05) is 0 Å². The van der Waals surface area contributed by atoms with Gasteiger partial charge in [-0.05, 0) is 50.9 Å². The molecule has 1 heterocycles. The largest absolute Gasteiger partial charge is 0.497 e. The summed E-state index contributed by atoms with van der Waals surface area (Å²) in [7, 11) is -1.65. The van der Waals surface area contributed by atoms with Crippen LogP contribution in [0.4, 0.5) is 0 Å². The molecule has 114 valence electrons. The van der Waals surface area contributed by atoms with Gasteiger partial charge in [0.15, 0.2) is 9.84 Å². The van der Waals surface area contributed by atoms with Gasteiger partial charge in [-0.25, -0.2) is 8.42 Å². The number of piperidine rings is 1. The molecule has 0 amide bonds. The molecule has 1 aliphatic heterocycles. The van der Waals surface area contributed by atoms with E-state index in [1.54, 1.807) is 25.3 Å². The van der Waals surface area contributed by atoms with E-state index in [-0.39, 0.29) is 5.75 Å². The lowest BCUT2D eigenvalue weighted by atomic mass is 9.90. The molecule has 5 nitrogen and oxygen atoms in total. The molecular formula is C14H23NO4S. The standard InChI is InChI=1S/C14H23NO4S/c1-19-12-2-4-13(5-3-12)20(17,18)11-8-14(16)6-9-15-10-7-14/h2-4,13,15-16H,5-11H2,1H3. The summed E-state index contributed by atoms with van der Waals surface area (Å²) in [6.45, 7) is 1.50. The summed E-state index contributed by atoms with van der Waals surface area (Å²) in [6.07, 6.45) is 7.19. The summed E-state index contributed by atoms with van der Waals surface area (Å²) >= 11 is 0. The molecule has 2 rings (SSSR count). The maximum Gasteiger partial charge on any atom is 0.157 e. The van der Waals surface area contributed by atoms with E-state index in [1.807, 2.05) is 0 Å². The Hall–Kier alpha value is -0.850. The molecule has 0 aromatic rings. The predicted octanol–water partition coefficient (Wildman–Crippen LogP) is 0.765. The smallest absolute Gasteiger partial charge is 0.157 e. The van der Waals surface area contributed by atoms with Crippen LogP contribution in [0.15, 0.2) is 24.0 Å². The number of hydrogen-bond donors (Lipinski definition) is 2. The minimum absolute atomic E-state index is 0.0364. The Kier molecular flexibility index (Phi) is 4.88. The third-order valence-corrected chi connectivity index (χ3v) is 6.15. The molecule has 0 bridgehead atoms. The number of nitrogens with one attached hydrogen (secondary N) is 1. The number of methoxy groups -OCH3 is 1. The fourth-order valence-electron chi connectivity index (χ4n) is 2.62. The number of rotatable bonds is 5. The molecule has 0 aromatic heterocycles. The topological polar surface area (TPSA) is 75.6 Å². The van der Waals surface area contributed by atoms with Gasteiger partial charge in [0.25, 0.3) is 0 Å². The van der Waals surface area contributed by atoms with Crippen LogP contribution in [-0.2, 0) is 14.6 Å². The van der Waals surface area contributed by atoms with E-state index >= 15 is 0 Å². The highest BCUT2D eigenvalue weighted by molar-refractivity contribution is 7.92. The Bertz CT molecular complexity index is 489. The zero-order valence-electron chi connectivity index (χ0n) is 11.8. The summed E-state index contributed by atoms with van der Waals surface area (Å²) in [5, 5.41) is 13.0. The van der Waals surface area contributed by atoms with Crippen LogP contribution in [0.2, 0.25) is 0 Å². The Morgan fingerprint density at radius 2 is 2.15 bits per heavy atom. The molecule has 0 saturated carbocycles. The molecule has 1 saturated heterocycles. The van der Waals surface area contributed by atoms with Crippen molar-refractivity contribution in [2.45, 2.75) is 36.5 Å².